The SMILES string of the molecule is CC1=C2CC[C@@H]3[C@H](CC[C@@]4(C)[C@H]3CC[C@]4(C)O)[C@@]2(C)C/C(=C/O)C1=O. The molecule has 0 bridgehead atoms. The first-order valence-electron chi connectivity index (χ1n) is 9.96. The van der Waals surface area contributed by atoms with E-state index in [-0.39, 0.29) is 16.6 Å². The molecule has 4 aliphatic carbocycles. The van der Waals surface area contributed by atoms with Gasteiger partial charge in [0, 0.05) is 5.57 Å². The second kappa shape index (κ2) is 5.22. The van der Waals surface area contributed by atoms with E-state index in [0.717, 1.165) is 50.4 Å². The molecule has 3 fully saturated rings. The van der Waals surface area contributed by atoms with Crippen molar-refractivity contribution in [3.8, 4) is 0 Å². The van der Waals surface area contributed by atoms with Gasteiger partial charge in [-0.3, -0.25) is 4.79 Å². The summed E-state index contributed by atoms with van der Waals surface area (Å²) in [5.74, 6) is 1.81. The van der Waals surface area contributed by atoms with Gasteiger partial charge >= 0.3 is 0 Å². The van der Waals surface area contributed by atoms with Gasteiger partial charge in [0.05, 0.1) is 11.9 Å². The lowest BCUT2D eigenvalue weighted by molar-refractivity contribution is -0.121. The zero-order chi connectivity index (χ0) is 18.2. The lowest BCUT2D eigenvalue weighted by Crippen LogP contribution is -2.54. The van der Waals surface area contributed by atoms with Crippen molar-refractivity contribution in [2.75, 3.05) is 0 Å². The third-order valence-electron chi connectivity index (χ3n) is 9.03. The molecule has 0 aliphatic heterocycles. The second-order valence-electron chi connectivity index (χ2n) is 9.87. The van der Waals surface area contributed by atoms with Crippen LogP contribution in [0.1, 0.15) is 72.6 Å². The Hall–Kier alpha value is -1.09. The van der Waals surface area contributed by atoms with Crippen LogP contribution < -0.4 is 0 Å². The van der Waals surface area contributed by atoms with Crippen LogP contribution >= 0.6 is 0 Å². The predicted molar refractivity (Wildman–Crippen MR) is 98.0 cm³/mol. The molecule has 0 heterocycles. The van der Waals surface area contributed by atoms with Crippen LogP contribution in [0, 0.1) is 28.6 Å². The summed E-state index contributed by atoms with van der Waals surface area (Å²) in [6.45, 7) is 8.63. The van der Waals surface area contributed by atoms with Gasteiger partial charge in [0.2, 0.25) is 0 Å². The standard InChI is InChI=1S/C22H32O3/c1-13-16-6-5-15-17(20(16,2)11-14(12-23)19(13)24)7-9-21(3)18(15)8-10-22(21,4)25/h12,15,17-18,23,25H,5-11H2,1-4H3/b14-12-/t15-,17+,18+,20+,21+,22+/m1/s1. The fraction of sp³-hybridized carbons (Fsp3) is 0.773. The fourth-order valence-corrected chi connectivity index (χ4v) is 7.36. The maximum absolute atomic E-state index is 12.5. The van der Waals surface area contributed by atoms with Crippen LogP contribution in [0.15, 0.2) is 23.0 Å². The monoisotopic (exact) mass is 344 g/mol. The third-order valence-corrected chi connectivity index (χ3v) is 9.03. The molecule has 3 nitrogen and oxygen atoms in total. The molecule has 4 rings (SSSR count). The van der Waals surface area contributed by atoms with Gasteiger partial charge in [0.25, 0.3) is 0 Å². The number of ketones is 1. The highest BCUT2D eigenvalue weighted by atomic mass is 16.3. The number of carbonyl (C=O) groups excluding carboxylic acids is 1. The average Bonchev–Trinajstić information content (AvgIpc) is 2.81. The van der Waals surface area contributed by atoms with Crippen LogP contribution in [-0.2, 0) is 4.79 Å². The molecule has 2 N–H and O–H groups in total. The number of aliphatic hydroxyl groups excluding tert-OH is 1. The van der Waals surface area contributed by atoms with Gasteiger partial charge in [-0.2, -0.15) is 0 Å². The Morgan fingerprint density at radius 2 is 1.76 bits per heavy atom. The Labute approximate surface area is 151 Å². The molecule has 0 unspecified atom stereocenters. The number of Topliss-reactive ketones (excluding diaryl/α,β-unsaturated/α-hetero) is 1. The third kappa shape index (κ3) is 2.05. The van der Waals surface area contributed by atoms with Crippen molar-refractivity contribution in [3.05, 3.63) is 23.0 Å². The van der Waals surface area contributed by atoms with Crippen molar-refractivity contribution in [2.45, 2.75) is 78.2 Å². The molecule has 3 saturated carbocycles. The van der Waals surface area contributed by atoms with E-state index in [2.05, 4.69) is 13.8 Å². The molecule has 0 aromatic rings. The van der Waals surface area contributed by atoms with Gasteiger partial charge in [0.1, 0.15) is 0 Å². The number of rotatable bonds is 0. The van der Waals surface area contributed by atoms with Crippen molar-refractivity contribution in [3.63, 3.8) is 0 Å². The summed E-state index contributed by atoms with van der Waals surface area (Å²) in [5.41, 5.74) is 2.27. The van der Waals surface area contributed by atoms with Crippen molar-refractivity contribution in [2.24, 2.45) is 28.6 Å². The Bertz CT molecular complexity index is 685. The summed E-state index contributed by atoms with van der Waals surface area (Å²) in [5, 5.41) is 20.6. The predicted octanol–water partition coefficient (Wildman–Crippen LogP) is 4.71. The maximum atomic E-state index is 12.5. The fourth-order valence-electron chi connectivity index (χ4n) is 7.36. The van der Waals surface area contributed by atoms with Crippen molar-refractivity contribution < 1.29 is 15.0 Å². The molecule has 0 spiro atoms. The Balaban J connectivity index is 1.75. The van der Waals surface area contributed by atoms with Crippen LogP contribution in [0.2, 0.25) is 0 Å². The van der Waals surface area contributed by atoms with E-state index in [9.17, 15) is 15.0 Å². The van der Waals surface area contributed by atoms with Gasteiger partial charge in [0.15, 0.2) is 5.78 Å². The van der Waals surface area contributed by atoms with Gasteiger partial charge < -0.3 is 10.2 Å². The van der Waals surface area contributed by atoms with Crippen LogP contribution in [0.5, 0.6) is 0 Å². The Morgan fingerprint density at radius 1 is 1.08 bits per heavy atom. The Morgan fingerprint density at radius 3 is 2.44 bits per heavy atom. The molecule has 0 aromatic heterocycles. The van der Waals surface area contributed by atoms with Gasteiger partial charge in [-0.1, -0.05) is 19.4 Å². The smallest absolute Gasteiger partial charge is 0.187 e. The normalized spacial score (nSPS) is 51.3. The van der Waals surface area contributed by atoms with Gasteiger partial charge in [-0.25, -0.2) is 0 Å². The maximum Gasteiger partial charge on any atom is 0.187 e. The summed E-state index contributed by atoms with van der Waals surface area (Å²) in [6.07, 6.45) is 8.10. The van der Waals surface area contributed by atoms with E-state index in [1.165, 1.54) is 5.57 Å². The minimum atomic E-state index is -0.547. The average molecular weight is 344 g/mol. The minimum Gasteiger partial charge on any atom is -0.515 e. The molecule has 25 heavy (non-hydrogen) atoms. The second-order valence-corrected chi connectivity index (χ2v) is 9.87. The molecule has 0 saturated heterocycles. The summed E-state index contributed by atoms with van der Waals surface area (Å²) >= 11 is 0. The number of allylic oxidation sites excluding steroid dienone is 2. The zero-order valence-electron chi connectivity index (χ0n) is 16.1. The summed E-state index contributed by atoms with van der Waals surface area (Å²) < 4.78 is 0. The molecule has 0 radical (unpaired) electrons. The topological polar surface area (TPSA) is 57.5 Å². The number of hydrogen-bond donors (Lipinski definition) is 2. The van der Waals surface area contributed by atoms with Crippen LogP contribution in [0.25, 0.3) is 0 Å². The van der Waals surface area contributed by atoms with E-state index < -0.39 is 5.60 Å². The van der Waals surface area contributed by atoms with Gasteiger partial charge in [-0.15, -0.1) is 0 Å². The first kappa shape index (κ1) is 17.3. The first-order chi connectivity index (χ1) is 11.7. The lowest BCUT2D eigenvalue weighted by Gasteiger charge is -2.59. The van der Waals surface area contributed by atoms with E-state index in [1.54, 1.807) is 0 Å². The number of aliphatic hydroxyl groups is 2. The molecular weight excluding hydrogens is 312 g/mol. The van der Waals surface area contributed by atoms with E-state index >= 15 is 0 Å². The first-order valence-corrected chi connectivity index (χ1v) is 9.96. The van der Waals surface area contributed by atoms with Crippen LogP contribution in [0.4, 0.5) is 0 Å². The number of carbonyl (C=O) groups is 1. The number of fused-ring (bicyclic) bond motifs is 5. The zero-order valence-corrected chi connectivity index (χ0v) is 16.1. The van der Waals surface area contributed by atoms with Gasteiger partial charge in [-0.05, 0) is 93.0 Å². The van der Waals surface area contributed by atoms with Crippen LogP contribution in [0.3, 0.4) is 0 Å². The molecule has 0 aromatic carbocycles. The molecule has 0 amide bonds. The number of hydrogen-bond acceptors (Lipinski definition) is 3. The Kier molecular flexibility index (Phi) is 3.62. The van der Waals surface area contributed by atoms with Crippen LogP contribution in [-0.4, -0.2) is 21.6 Å². The van der Waals surface area contributed by atoms with Crippen molar-refractivity contribution in [1.82, 2.24) is 0 Å². The molecule has 3 heteroatoms. The summed E-state index contributed by atoms with van der Waals surface area (Å²) in [6, 6.07) is 0. The highest BCUT2D eigenvalue weighted by Crippen LogP contribution is 2.68. The lowest BCUT2D eigenvalue weighted by atomic mass is 9.45. The van der Waals surface area contributed by atoms with E-state index in [1.807, 2.05) is 13.8 Å². The molecule has 4 aliphatic rings. The summed E-state index contributed by atoms with van der Waals surface area (Å²) in [4.78, 5) is 12.5. The highest BCUT2D eigenvalue weighted by molar-refractivity contribution is 6.09. The molecule has 6 atom stereocenters. The van der Waals surface area contributed by atoms with E-state index in [0.29, 0.717) is 29.7 Å². The van der Waals surface area contributed by atoms with Crippen molar-refractivity contribution in [1.29, 1.82) is 0 Å². The highest BCUT2D eigenvalue weighted by Gasteiger charge is 2.62. The van der Waals surface area contributed by atoms with Crippen molar-refractivity contribution >= 4 is 5.78 Å². The minimum absolute atomic E-state index is 0.00868. The molecule has 138 valence electrons. The summed E-state index contributed by atoms with van der Waals surface area (Å²) in [7, 11) is 0. The van der Waals surface area contributed by atoms with E-state index in [4.69, 9.17) is 0 Å². The largest absolute Gasteiger partial charge is 0.515 e. The quantitative estimate of drug-likeness (QED) is 0.494. The molecular formula is C22H32O3.